The van der Waals surface area contributed by atoms with Gasteiger partial charge in [0.1, 0.15) is 19.1 Å². The van der Waals surface area contributed by atoms with E-state index in [1.54, 1.807) is 0 Å². The van der Waals surface area contributed by atoms with E-state index in [0.29, 0.717) is 5.56 Å². The summed E-state index contributed by atoms with van der Waals surface area (Å²) < 4.78 is 15.0. The second kappa shape index (κ2) is 10.2. The van der Waals surface area contributed by atoms with Crippen molar-refractivity contribution in [3.8, 4) is 0 Å². The fraction of sp³-hybridized carbons (Fsp3) is 0.391. The Bertz CT molecular complexity index is 868. The number of Topliss-reactive ketones (excluding diaryl/α,β-unsaturated/α-hetero) is 1. The van der Waals surface area contributed by atoms with E-state index in [2.05, 4.69) is 17.9 Å². The number of benzene rings is 1. The van der Waals surface area contributed by atoms with Crippen molar-refractivity contribution in [2.75, 3.05) is 20.3 Å². The lowest BCUT2D eigenvalue weighted by atomic mass is 9.61. The zero-order chi connectivity index (χ0) is 23.2. The molecule has 1 aromatic carbocycles. The zero-order valence-electron chi connectivity index (χ0n) is 17.5. The van der Waals surface area contributed by atoms with E-state index in [-0.39, 0.29) is 18.8 Å². The van der Waals surface area contributed by atoms with Gasteiger partial charge in [0.25, 0.3) is 0 Å². The van der Waals surface area contributed by atoms with E-state index < -0.39 is 53.5 Å². The van der Waals surface area contributed by atoms with Crippen molar-refractivity contribution in [2.45, 2.75) is 24.9 Å². The van der Waals surface area contributed by atoms with Crippen LogP contribution < -0.4 is 0 Å². The molecule has 1 aromatic rings. The first-order chi connectivity index (χ1) is 14.7. The van der Waals surface area contributed by atoms with Crippen molar-refractivity contribution in [3.63, 3.8) is 0 Å². The number of ether oxygens (including phenoxy) is 3. The third-order valence-electron chi connectivity index (χ3n) is 5.18. The summed E-state index contributed by atoms with van der Waals surface area (Å²) in [4.78, 5) is 50.3. The van der Waals surface area contributed by atoms with Crippen LogP contribution in [0.4, 0.5) is 0 Å². The molecule has 31 heavy (non-hydrogen) atoms. The third kappa shape index (κ3) is 5.27. The van der Waals surface area contributed by atoms with E-state index in [1.165, 1.54) is 50.5 Å². The van der Waals surface area contributed by atoms with E-state index in [4.69, 9.17) is 9.47 Å². The summed E-state index contributed by atoms with van der Waals surface area (Å²) in [6.45, 7) is 8.11. The van der Waals surface area contributed by atoms with Gasteiger partial charge in [-0.2, -0.15) is 0 Å². The van der Waals surface area contributed by atoms with Crippen LogP contribution in [0.15, 0.2) is 49.6 Å². The molecule has 8 nitrogen and oxygen atoms in total. The molecular weight excluding hydrogens is 404 g/mol. The standard InChI is InChI=1S/C23H26O8/c1-5-11-30-21(26)18-16(24)13-23(3,28)19(22(27)31-12-6-2)17(18)14-7-9-15(10-8-14)20(25)29-4/h5-10,17-19,28H,1-2,11-13H2,3-4H3/t17-,18+,19-,23-/m0/s1. The Labute approximate surface area is 180 Å². The summed E-state index contributed by atoms with van der Waals surface area (Å²) >= 11 is 0. The quantitative estimate of drug-likeness (QED) is 0.288. The van der Waals surface area contributed by atoms with E-state index in [1.807, 2.05) is 0 Å². The Balaban J connectivity index is 2.58. The van der Waals surface area contributed by atoms with Crippen LogP contribution in [-0.2, 0) is 28.6 Å². The highest BCUT2D eigenvalue weighted by Crippen LogP contribution is 2.46. The lowest BCUT2D eigenvalue weighted by Gasteiger charge is -2.43. The van der Waals surface area contributed by atoms with E-state index >= 15 is 0 Å². The maximum absolute atomic E-state index is 12.9. The van der Waals surface area contributed by atoms with E-state index in [9.17, 15) is 24.3 Å². The van der Waals surface area contributed by atoms with Gasteiger partial charge >= 0.3 is 17.9 Å². The molecule has 0 amide bonds. The highest BCUT2D eigenvalue weighted by atomic mass is 16.5. The second-order valence-corrected chi connectivity index (χ2v) is 7.43. The third-order valence-corrected chi connectivity index (χ3v) is 5.18. The SMILES string of the molecule is C=CCOC(=O)[C@@H]1C(=O)C[C@](C)(O)[C@H](C(=O)OCC=C)[C@H]1c1ccc(C(=O)OC)cc1. The first-order valence-corrected chi connectivity index (χ1v) is 9.66. The van der Waals surface area contributed by atoms with Crippen LogP contribution in [0, 0.1) is 11.8 Å². The minimum Gasteiger partial charge on any atom is -0.465 e. The largest absolute Gasteiger partial charge is 0.465 e. The lowest BCUT2D eigenvalue weighted by molar-refractivity contribution is -0.172. The fourth-order valence-corrected chi connectivity index (χ4v) is 3.84. The Morgan fingerprint density at radius 1 is 1.10 bits per heavy atom. The Morgan fingerprint density at radius 2 is 1.65 bits per heavy atom. The lowest BCUT2D eigenvalue weighted by Crippen LogP contribution is -2.55. The molecule has 0 heterocycles. The summed E-state index contributed by atoms with van der Waals surface area (Å²) in [6.07, 6.45) is 2.30. The number of carbonyl (C=O) groups excluding carboxylic acids is 4. The van der Waals surface area contributed by atoms with Crippen LogP contribution >= 0.6 is 0 Å². The highest BCUT2D eigenvalue weighted by Gasteiger charge is 2.57. The molecule has 8 heteroatoms. The molecule has 166 valence electrons. The molecule has 0 aliphatic heterocycles. The molecule has 1 saturated carbocycles. The molecule has 0 bridgehead atoms. The molecule has 2 rings (SSSR count). The van der Waals surface area contributed by atoms with Gasteiger partial charge in [0.05, 0.1) is 24.2 Å². The molecule has 1 aliphatic rings. The molecule has 0 aromatic heterocycles. The number of ketones is 1. The Morgan fingerprint density at radius 3 is 2.16 bits per heavy atom. The zero-order valence-corrected chi connectivity index (χ0v) is 17.5. The molecule has 1 N–H and O–H groups in total. The second-order valence-electron chi connectivity index (χ2n) is 7.43. The van der Waals surface area contributed by atoms with Gasteiger partial charge in [0.2, 0.25) is 0 Å². The van der Waals surface area contributed by atoms with Crippen LogP contribution in [-0.4, -0.2) is 54.7 Å². The maximum atomic E-state index is 12.9. The summed E-state index contributed by atoms with van der Waals surface area (Å²) in [5.74, 6) is -6.39. The number of aliphatic hydroxyl groups is 1. The van der Waals surface area contributed by atoms with Crippen molar-refractivity contribution in [2.24, 2.45) is 11.8 Å². The molecule has 1 aliphatic carbocycles. The van der Waals surface area contributed by atoms with Crippen molar-refractivity contribution < 1.29 is 38.5 Å². The average molecular weight is 430 g/mol. The van der Waals surface area contributed by atoms with Crippen LogP contribution in [0.1, 0.15) is 35.2 Å². The number of hydrogen-bond acceptors (Lipinski definition) is 8. The van der Waals surface area contributed by atoms with Gasteiger partial charge in [-0.05, 0) is 24.6 Å². The normalized spacial score (nSPS) is 25.3. The maximum Gasteiger partial charge on any atom is 0.337 e. The Kier molecular flexibility index (Phi) is 7.88. The monoisotopic (exact) mass is 430 g/mol. The van der Waals surface area contributed by atoms with Gasteiger partial charge in [0, 0.05) is 12.3 Å². The predicted molar refractivity (Wildman–Crippen MR) is 110 cm³/mol. The smallest absolute Gasteiger partial charge is 0.337 e. The molecule has 0 spiro atoms. The van der Waals surface area contributed by atoms with Gasteiger partial charge in [0.15, 0.2) is 5.78 Å². The molecule has 1 fully saturated rings. The van der Waals surface area contributed by atoms with Crippen LogP contribution in [0.3, 0.4) is 0 Å². The first kappa shape index (κ1) is 24.0. The van der Waals surface area contributed by atoms with Gasteiger partial charge in [-0.15, -0.1) is 0 Å². The first-order valence-electron chi connectivity index (χ1n) is 9.66. The molecular formula is C23H26O8. The van der Waals surface area contributed by atoms with Gasteiger partial charge < -0.3 is 19.3 Å². The number of carbonyl (C=O) groups is 4. The van der Waals surface area contributed by atoms with Gasteiger partial charge in [-0.3, -0.25) is 14.4 Å². The molecule has 0 saturated heterocycles. The summed E-state index contributed by atoms with van der Waals surface area (Å²) in [6, 6.07) is 5.92. The summed E-state index contributed by atoms with van der Waals surface area (Å²) in [5, 5.41) is 11.0. The number of hydrogen-bond donors (Lipinski definition) is 1. The van der Waals surface area contributed by atoms with Gasteiger partial charge in [-0.25, -0.2) is 4.79 Å². The molecule has 4 atom stereocenters. The minimum atomic E-state index is -1.77. The number of esters is 3. The number of methoxy groups -OCH3 is 1. The average Bonchev–Trinajstić information content (AvgIpc) is 2.74. The number of rotatable bonds is 8. The predicted octanol–water partition coefficient (Wildman–Crippen LogP) is 1.97. The van der Waals surface area contributed by atoms with Crippen molar-refractivity contribution in [3.05, 3.63) is 60.7 Å². The summed E-state index contributed by atoms with van der Waals surface area (Å²) in [5.41, 5.74) is -1.13. The molecule has 0 radical (unpaired) electrons. The molecule has 0 unspecified atom stereocenters. The van der Waals surface area contributed by atoms with Crippen LogP contribution in [0.25, 0.3) is 0 Å². The fourth-order valence-electron chi connectivity index (χ4n) is 3.84. The van der Waals surface area contributed by atoms with Crippen LogP contribution in [0.5, 0.6) is 0 Å². The van der Waals surface area contributed by atoms with Crippen molar-refractivity contribution in [1.82, 2.24) is 0 Å². The topological polar surface area (TPSA) is 116 Å². The minimum absolute atomic E-state index is 0.0983. The highest BCUT2D eigenvalue weighted by molar-refractivity contribution is 6.03. The van der Waals surface area contributed by atoms with Gasteiger partial charge in [-0.1, -0.05) is 37.4 Å². The van der Waals surface area contributed by atoms with Crippen molar-refractivity contribution in [1.29, 1.82) is 0 Å². The van der Waals surface area contributed by atoms with Crippen molar-refractivity contribution >= 4 is 23.7 Å². The summed E-state index contributed by atoms with van der Waals surface area (Å²) in [7, 11) is 1.24. The van der Waals surface area contributed by atoms with E-state index in [0.717, 1.165) is 0 Å². The van der Waals surface area contributed by atoms with Crippen LogP contribution in [0.2, 0.25) is 0 Å². The Hall–Kier alpha value is -3.26.